The van der Waals surface area contributed by atoms with Crippen LogP contribution in [-0.4, -0.2) is 31.1 Å². The minimum absolute atomic E-state index is 0.188. The fourth-order valence-electron chi connectivity index (χ4n) is 3.10. The number of fused-ring (bicyclic) bond motifs is 3. The highest BCUT2D eigenvalue weighted by Gasteiger charge is 2.27. The normalized spacial score (nSPS) is 14.8. The van der Waals surface area contributed by atoms with E-state index in [0.29, 0.717) is 22.3 Å². The molecule has 1 atom stereocenters. The lowest BCUT2D eigenvalue weighted by Crippen LogP contribution is -2.17. The second-order valence-electron chi connectivity index (χ2n) is 6.88. The maximum Gasteiger partial charge on any atom is 0.247 e. The highest BCUT2D eigenvalue weighted by Crippen LogP contribution is 2.41. The van der Waals surface area contributed by atoms with Crippen molar-refractivity contribution in [2.45, 2.75) is 37.6 Å². The summed E-state index contributed by atoms with van der Waals surface area (Å²) in [6.45, 7) is 2.17. The maximum absolute atomic E-state index is 9.93. The van der Waals surface area contributed by atoms with Gasteiger partial charge in [-0.25, -0.2) is 0 Å². The van der Waals surface area contributed by atoms with Crippen LogP contribution >= 0.6 is 27.7 Å². The van der Waals surface area contributed by atoms with E-state index in [2.05, 4.69) is 43.4 Å². The van der Waals surface area contributed by atoms with Gasteiger partial charge in [0.1, 0.15) is 0 Å². The van der Waals surface area contributed by atoms with Crippen molar-refractivity contribution >= 4 is 33.4 Å². The number of thioether (sulfide) groups is 1. The Morgan fingerprint density at radius 2 is 1.97 bits per heavy atom. The van der Waals surface area contributed by atoms with E-state index in [4.69, 9.17) is 4.74 Å². The topological polar surface area (TPSA) is 100 Å². The maximum atomic E-state index is 9.93. The zero-order valence-electron chi connectivity index (χ0n) is 16.3. The van der Waals surface area contributed by atoms with Crippen LogP contribution in [0, 0.1) is 0 Å². The van der Waals surface area contributed by atoms with Crippen molar-refractivity contribution in [1.29, 1.82) is 0 Å². The second kappa shape index (κ2) is 9.09. The zero-order valence-corrected chi connectivity index (χ0v) is 18.7. The Morgan fingerprint density at radius 1 is 1.10 bits per heavy atom. The standard InChI is InChI=1S/C21H21BrN4O3S/c1-2-3-4-9-30-21-24-20-18(25-26-21)14-11-13(22)6-7-15(14)23-19(29-20)12-5-8-16(27)17(28)10-12/h5-8,10-11,19,23,27-28H,2-4,9H2,1H3/t19-/m0/s1. The molecular formula is C21H21BrN4O3S. The molecule has 156 valence electrons. The van der Waals surface area contributed by atoms with Crippen LogP contribution < -0.4 is 10.1 Å². The summed E-state index contributed by atoms with van der Waals surface area (Å²) in [6, 6.07) is 10.3. The molecule has 0 spiro atoms. The highest BCUT2D eigenvalue weighted by molar-refractivity contribution is 9.10. The van der Waals surface area contributed by atoms with Crippen LogP contribution in [0.5, 0.6) is 17.4 Å². The molecule has 1 aliphatic rings. The number of anilines is 1. The first kappa shape index (κ1) is 20.7. The minimum atomic E-state index is -0.632. The molecule has 2 aromatic carbocycles. The van der Waals surface area contributed by atoms with E-state index in [9.17, 15) is 10.2 Å². The number of aromatic nitrogens is 3. The monoisotopic (exact) mass is 488 g/mol. The lowest BCUT2D eigenvalue weighted by Gasteiger charge is -2.19. The summed E-state index contributed by atoms with van der Waals surface area (Å²) in [5.41, 5.74) is 2.80. The largest absolute Gasteiger partial charge is 0.504 e. The minimum Gasteiger partial charge on any atom is -0.504 e. The molecule has 0 amide bonds. The van der Waals surface area contributed by atoms with Gasteiger partial charge in [0.15, 0.2) is 23.4 Å². The fraction of sp³-hybridized carbons (Fsp3) is 0.286. The van der Waals surface area contributed by atoms with Gasteiger partial charge in [-0.05, 0) is 42.8 Å². The van der Waals surface area contributed by atoms with Crippen molar-refractivity contribution in [3.05, 3.63) is 46.4 Å². The number of benzene rings is 2. The Bertz CT molecular complexity index is 1070. The van der Waals surface area contributed by atoms with E-state index in [1.165, 1.54) is 18.6 Å². The second-order valence-corrected chi connectivity index (χ2v) is 8.86. The van der Waals surface area contributed by atoms with Gasteiger partial charge in [-0.2, -0.15) is 4.98 Å². The Balaban J connectivity index is 1.72. The van der Waals surface area contributed by atoms with Gasteiger partial charge >= 0.3 is 0 Å². The fourth-order valence-corrected chi connectivity index (χ4v) is 4.24. The molecule has 9 heteroatoms. The van der Waals surface area contributed by atoms with Crippen molar-refractivity contribution in [2.24, 2.45) is 0 Å². The molecule has 3 aromatic rings. The molecule has 7 nitrogen and oxygen atoms in total. The molecule has 0 saturated heterocycles. The van der Waals surface area contributed by atoms with E-state index in [1.54, 1.807) is 17.8 Å². The quantitative estimate of drug-likeness (QED) is 0.237. The van der Waals surface area contributed by atoms with E-state index in [0.717, 1.165) is 34.3 Å². The van der Waals surface area contributed by atoms with Crippen LogP contribution in [0.2, 0.25) is 0 Å². The summed E-state index contributed by atoms with van der Waals surface area (Å²) in [5, 5.41) is 32.2. The van der Waals surface area contributed by atoms with Crippen molar-refractivity contribution in [1.82, 2.24) is 15.2 Å². The van der Waals surface area contributed by atoms with Gasteiger partial charge in [0, 0.05) is 27.0 Å². The first-order valence-corrected chi connectivity index (χ1v) is 11.5. The van der Waals surface area contributed by atoms with Crippen LogP contribution in [0.3, 0.4) is 0 Å². The first-order chi connectivity index (χ1) is 14.5. The predicted molar refractivity (Wildman–Crippen MR) is 120 cm³/mol. The third-order valence-corrected chi connectivity index (χ3v) is 6.09. The number of aromatic hydroxyl groups is 2. The van der Waals surface area contributed by atoms with Crippen molar-refractivity contribution in [3.63, 3.8) is 0 Å². The van der Waals surface area contributed by atoms with E-state index >= 15 is 0 Å². The number of hydrogen-bond donors (Lipinski definition) is 3. The van der Waals surface area contributed by atoms with Gasteiger partial charge in [-0.3, -0.25) is 0 Å². The number of rotatable bonds is 6. The van der Waals surface area contributed by atoms with Gasteiger partial charge in [0.05, 0.1) is 0 Å². The van der Waals surface area contributed by atoms with Crippen molar-refractivity contribution in [2.75, 3.05) is 11.1 Å². The molecule has 0 radical (unpaired) electrons. The summed E-state index contributed by atoms with van der Waals surface area (Å²) >= 11 is 5.06. The van der Waals surface area contributed by atoms with Gasteiger partial charge in [-0.15, -0.1) is 10.2 Å². The molecule has 2 heterocycles. The van der Waals surface area contributed by atoms with Gasteiger partial charge in [0.2, 0.25) is 11.0 Å². The molecule has 1 aromatic heterocycles. The number of phenols is 2. The van der Waals surface area contributed by atoms with E-state index in [-0.39, 0.29) is 11.5 Å². The molecule has 30 heavy (non-hydrogen) atoms. The molecule has 0 bridgehead atoms. The lowest BCUT2D eigenvalue weighted by molar-refractivity contribution is 0.224. The predicted octanol–water partition coefficient (Wildman–Crippen LogP) is 5.50. The Hall–Kier alpha value is -2.52. The summed E-state index contributed by atoms with van der Waals surface area (Å²) in [5.74, 6) is 0.882. The molecule has 1 aliphatic heterocycles. The smallest absolute Gasteiger partial charge is 0.247 e. The van der Waals surface area contributed by atoms with Gasteiger partial charge in [-0.1, -0.05) is 47.5 Å². The van der Waals surface area contributed by atoms with Crippen LogP contribution in [0.4, 0.5) is 5.69 Å². The molecule has 0 aliphatic carbocycles. The summed E-state index contributed by atoms with van der Waals surface area (Å²) < 4.78 is 7.08. The summed E-state index contributed by atoms with van der Waals surface area (Å²) in [6.07, 6.45) is 2.78. The highest BCUT2D eigenvalue weighted by atomic mass is 79.9. The van der Waals surface area contributed by atoms with Crippen LogP contribution in [0.25, 0.3) is 11.3 Å². The third-order valence-electron chi connectivity index (χ3n) is 4.67. The lowest BCUT2D eigenvalue weighted by atomic mass is 10.1. The Morgan fingerprint density at radius 3 is 2.77 bits per heavy atom. The molecule has 4 rings (SSSR count). The molecule has 0 unspecified atom stereocenters. The summed E-state index contributed by atoms with van der Waals surface area (Å²) in [4.78, 5) is 4.62. The average Bonchev–Trinajstić information content (AvgIpc) is 2.89. The van der Waals surface area contributed by atoms with Crippen LogP contribution in [0.1, 0.15) is 38.0 Å². The number of nitrogens with zero attached hydrogens (tertiary/aromatic N) is 3. The van der Waals surface area contributed by atoms with E-state index < -0.39 is 6.23 Å². The molecule has 3 N–H and O–H groups in total. The SMILES string of the molecule is CCCCCSc1nnc2c(n1)O[C@@H](c1ccc(O)c(O)c1)Nc1ccc(Br)cc1-2. The third kappa shape index (κ3) is 4.46. The molecular weight excluding hydrogens is 468 g/mol. The first-order valence-electron chi connectivity index (χ1n) is 9.67. The van der Waals surface area contributed by atoms with Gasteiger partial charge in [0.25, 0.3) is 0 Å². The summed E-state index contributed by atoms with van der Waals surface area (Å²) in [7, 11) is 0. The zero-order chi connectivity index (χ0) is 21.1. The van der Waals surface area contributed by atoms with E-state index in [1.807, 2.05) is 18.2 Å². The molecule has 0 saturated carbocycles. The number of unbranched alkanes of at least 4 members (excludes halogenated alkanes) is 2. The van der Waals surface area contributed by atoms with Crippen molar-refractivity contribution in [3.8, 4) is 28.6 Å². The number of ether oxygens (including phenoxy) is 1. The number of hydrogen-bond acceptors (Lipinski definition) is 8. The van der Waals surface area contributed by atoms with Gasteiger partial charge < -0.3 is 20.3 Å². The Kier molecular flexibility index (Phi) is 6.29. The number of phenolic OH excluding ortho intramolecular Hbond substituents is 2. The number of halogens is 1. The van der Waals surface area contributed by atoms with Crippen LogP contribution in [0.15, 0.2) is 46.0 Å². The number of nitrogens with one attached hydrogen (secondary N) is 1. The average molecular weight is 489 g/mol. The van der Waals surface area contributed by atoms with Crippen LogP contribution in [-0.2, 0) is 0 Å². The van der Waals surface area contributed by atoms with Crippen molar-refractivity contribution < 1.29 is 14.9 Å². The molecule has 0 fully saturated rings. The Labute approximate surface area is 187 Å².